The number of methoxy groups -OCH3 is 1. The van der Waals surface area contributed by atoms with Crippen molar-refractivity contribution in [1.29, 1.82) is 0 Å². The Kier molecular flexibility index (Phi) is 9.09. The molecule has 0 amide bonds. The SMILES string of the molecule is CCCCCN(CCC(N)C(=O)OC)C(C)C. The standard InChI is InChI=1S/C13H28N2O2/c1-5-6-7-9-15(11(2)3)10-8-12(14)13(16)17-4/h11-12H,5-10,14H2,1-4H3. The molecule has 0 bridgehead atoms. The summed E-state index contributed by atoms with van der Waals surface area (Å²) in [6, 6.07) is 0.00382. The molecule has 102 valence electrons. The normalized spacial score (nSPS) is 13.1. The zero-order chi connectivity index (χ0) is 13.3. The van der Waals surface area contributed by atoms with Crippen LogP contribution in [0.2, 0.25) is 0 Å². The van der Waals surface area contributed by atoms with Crippen molar-refractivity contribution < 1.29 is 9.53 Å². The Labute approximate surface area is 105 Å². The Morgan fingerprint density at radius 2 is 1.94 bits per heavy atom. The maximum atomic E-state index is 11.2. The van der Waals surface area contributed by atoms with E-state index in [1.807, 2.05) is 0 Å². The molecule has 0 aliphatic rings. The van der Waals surface area contributed by atoms with E-state index in [-0.39, 0.29) is 5.97 Å². The molecule has 0 aliphatic carbocycles. The fourth-order valence-electron chi connectivity index (χ4n) is 1.77. The number of ether oxygens (including phenoxy) is 1. The minimum atomic E-state index is -0.493. The van der Waals surface area contributed by atoms with Gasteiger partial charge in [-0.15, -0.1) is 0 Å². The molecular weight excluding hydrogens is 216 g/mol. The van der Waals surface area contributed by atoms with Gasteiger partial charge in [0.25, 0.3) is 0 Å². The largest absolute Gasteiger partial charge is 0.468 e. The number of carbonyl (C=O) groups excluding carboxylic acids is 1. The Balaban J connectivity index is 3.95. The molecule has 0 radical (unpaired) electrons. The highest BCUT2D eigenvalue weighted by Gasteiger charge is 2.16. The van der Waals surface area contributed by atoms with E-state index in [0.29, 0.717) is 12.5 Å². The van der Waals surface area contributed by atoms with Crippen molar-refractivity contribution in [3.8, 4) is 0 Å². The van der Waals surface area contributed by atoms with Crippen LogP contribution in [-0.2, 0) is 9.53 Å². The number of hydrogen-bond acceptors (Lipinski definition) is 4. The van der Waals surface area contributed by atoms with Crippen molar-refractivity contribution in [3.05, 3.63) is 0 Å². The smallest absolute Gasteiger partial charge is 0.322 e. The van der Waals surface area contributed by atoms with Crippen molar-refractivity contribution in [1.82, 2.24) is 4.90 Å². The van der Waals surface area contributed by atoms with Gasteiger partial charge in [0.1, 0.15) is 6.04 Å². The third-order valence-corrected chi connectivity index (χ3v) is 3.01. The molecule has 0 spiro atoms. The zero-order valence-electron chi connectivity index (χ0n) is 11.7. The van der Waals surface area contributed by atoms with Crippen LogP contribution in [0.4, 0.5) is 0 Å². The third kappa shape index (κ3) is 7.34. The Morgan fingerprint density at radius 1 is 1.29 bits per heavy atom. The van der Waals surface area contributed by atoms with Gasteiger partial charge < -0.3 is 15.4 Å². The predicted octanol–water partition coefficient (Wildman–Crippen LogP) is 1.78. The summed E-state index contributed by atoms with van der Waals surface area (Å²) in [6.45, 7) is 8.50. The first-order chi connectivity index (χ1) is 8.02. The second-order valence-electron chi connectivity index (χ2n) is 4.76. The predicted molar refractivity (Wildman–Crippen MR) is 70.8 cm³/mol. The lowest BCUT2D eigenvalue weighted by Gasteiger charge is -2.27. The van der Waals surface area contributed by atoms with Crippen molar-refractivity contribution in [2.24, 2.45) is 5.73 Å². The Bertz CT molecular complexity index is 208. The monoisotopic (exact) mass is 244 g/mol. The van der Waals surface area contributed by atoms with Gasteiger partial charge in [-0.3, -0.25) is 4.79 Å². The first-order valence-electron chi connectivity index (χ1n) is 6.60. The van der Waals surface area contributed by atoms with E-state index in [1.165, 1.54) is 26.4 Å². The van der Waals surface area contributed by atoms with Crippen LogP contribution in [0.5, 0.6) is 0 Å². The van der Waals surface area contributed by atoms with Crippen molar-refractivity contribution in [3.63, 3.8) is 0 Å². The van der Waals surface area contributed by atoms with Gasteiger partial charge in [-0.2, -0.15) is 0 Å². The van der Waals surface area contributed by atoms with Gasteiger partial charge >= 0.3 is 5.97 Å². The summed E-state index contributed by atoms with van der Waals surface area (Å²) >= 11 is 0. The number of unbranched alkanes of at least 4 members (excludes halogenated alkanes) is 2. The van der Waals surface area contributed by atoms with E-state index < -0.39 is 6.04 Å². The van der Waals surface area contributed by atoms with Crippen LogP contribution in [0, 0.1) is 0 Å². The number of nitrogens with two attached hydrogens (primary N) is 1. The molecule has 0 aromatic rings. The summed E-state index contributed by atoms with van der Waals surface area (Å²) in [6.07, 6.45) is 4.36. The summed E-state index contributed by atoms with van der Waals surface area (Å²) < 4.78 is 4.62. The topological polar surface area (TPSA) is 55.6 Å². The van der Waals surface area contributed by atoms with Gasteiger partial charge in [0, 0.05) is 12.6 Å². The van der Waals surface area contributed by atoms with E-state index >= 15 is 0 Å². The van der Waals surface area contributed by atoms with Gasteiger partial charge in [-0.1, -0.05) is 19.8 Å². The highest BCUT2D eigenvalue weighted by Crippen LogP contribution is 2.05. The summed E-state index contributed by atoms with van der Waals surface area (Å²) in [5.74, 6) is -0.317. The van der Waals surface area contributed by atoms with Gasteiger partial charge in [-0.05, 0) is 33.2 Å². The van der Waals surface area contributed by atoms with Gasteiger partial charge in [0.05, 0.1) is 7.11 Å². The van der Waals surface area contributed by atoms with Crippen LogP contribution < -0.4 is 5.73 Å². The zero-order valence-corrected chi connectivity index (χ0v) is 11.7. The quantitative estimate of drug-likeness (QED) is 0.496. The maximum Gasteiger partial charge on any atom is 0.322 e. The molecule has 4 nitrogen and oxygen atoms in total. The van der Waals surface area contributed by atoms with Crippen LogP contribution in [0.1, 0.15) is 46.5 Å². The summed E-state index contributed by atoms with van der Waals surface area (Å²) in [5, 5.41) is 0. The van der Waals surface area contributed by atoms with E-state index in [0.717, 1.165) is 13.1 Å². The first kappa shape index (κ1) is 16.4. The van der Waals surface area contributed by atoms with Crippen LogP contribution >= 0.6 is 0 Å². The highest BCUT2D eigenvalue weighted by molar-refractivity contribution is 5.75. The first-order valence-corrected chi connectivity index (χ1v) is 6.60. The second-order valence-corrected chi connectivity index (χ2v) is 4.76. The van der Waals surface area contributed by atoms with Crippen LogP contribution in [0.25, 0.3) is 0 Å². The van der Waals surface area contributed by atoms with Crippen LogP contribution in [0.15, 0.2) is 0 Å². The molecule has 0 aromatic carbocycles. The molecule has 0 saturated heterocycles. The Hall–Kier alpha value is -0.610. The molecule has 4 heteroatoms. The minimum Gasteiger partial charge on any atom is -0.468 e. The lowest BCUT2D eigenvalue weighted by molar-refractivity contribution is -0.142. The molecule has 0 saturated carbocycles. The average Bonchev–Trinajstić information content (AvgIpc) is 2.31. The fraction of sp³-hybridized carbons (Fsp3) is 0.923. The van der Waals surface area contributed by atoms with E-state index in [2.05, 4.69) is 30.4 Å². The van der Waals surface area contributed by atoms with Crippen molar-refractivity contribution in [2.45, 2.75) is 58.5 Å². The molecule has 0 heterocycles. The molecule has 0 aliphatic heterocycles. The summed E-state index contributed by atoms with van der Waals surface area (Å²) in [5.41, 5.74) is 5.73. The lowest BCUT2D eigenvalue weighted by Crippen LogP contribution is -2.39. The van der Waals surface area contributed by atoms with E-state index in [9.17, 15) is 4.79 Å². The number of rotatable bonds is 9. The number of carbonyl (C=O) groups is 1. The fourth-order valence-corrected chi connectivity index (χ4v) is 1.77. The second kappa shape index (κ2) is 9.42. The number of nitrogens with zero attached hydrogens (tertiary/aromatic N) is 1. The molecule has 1 unspecified atom stereocenters. The highest BCUT2D eigenvalue weighted by atomic mass is 16.5. The maximum absolute atomic E-state index is 11.2. The van der Waals surface area contributed by atoms with Gasteiger partial charge in [0.2, 0.25) is 0 Å². The summed E-state index contributed by atoms with van der Waals surface area (Å²) in [7, 11) is 1.38. The molecule has 1 atom stereocenters. The molecule has 17 heavy (non-hydrogen) atoms. The van der Waals surface area contributed by atoms with Crippen molar-refractivity contribution in [2.75, 3.05) is 20.2 Å². The molecule has 0 fully saturated rings. The average molecular weight is 244 g/mol. The van der Waals surface area contributed by atoms with Crippen LogP contribution in [0.3, 0.4) is 0 Å². The summed E-state index contributed by atoms with van der Waals surface area (Å²) in [4.78, 5) is 13.6. The third-order valence-electron chi connectivity index (χ3n) is 3.01. The van der Waals surface area contributed by atoms with E-state index in [4.69, 9.17) is 5.73 Å². The van der Waals surface area contributed by atoms with Gasteiger partial charge in [0.15, 0.2) is 0 Å². The molecule has 0 rings (SSSR count). The number of hydrogen-bond donors (Lipinski definition) is 1. The molecular formula is C13H28N2O2. The van der Waals surface area contributed by atoms with Crippen molar-refractivity contribution >= 4 is 5.97 Å². The minimum absolute atomic E-state index is 0.317. The molecule has 0 aromatic heterocycles. The lowest BCUT2D eigenvalue weighted by atomic mass is 10.1. The molecule has 2 N–H and O–H groups in total. The van der Waals surface area contributed by atoms with Gasteiger partial charge in [-0.25, -0.2) is 0 Å². The van der Waals surface area contributed by atoms with Crippen LogP contribution in [-0.4, -0.2) is 43.2 Å². The Morgan fingerprint density at radius 3 is 2.41 bits per heavy atom. The number of esters is 1. The van der Waals surface area contributed by atoms with E-state index in [1.54, 1.807) is 0 Å².